The number of halogens is 1. The molecule has 0 aliphatic carbocycles. The molecule has 1 N–H and O–H groups in total. The Morgan fingerprint density at radius 1 is 1.17 bits per heavy atom. The van der Waals surface area contributed by atoms with E-state index >= 15 is 0 Å². The molecule has 1 aromatic carbocycles. The first kappa shape index (κ1) is 20.9. The summed E-state index contributed by atoms with van der Waals surface area (Å²) in [6.07, 6.45) is 0. The van der Waals surface area contributed by atoms with Gasteiger partial charge in [-0.3, -0.25) is 4.79 Å². The highest BCUT2D eigenvalue weighted by Crippen LogP contribution is 2.24. The fraction of sp³-hybridized carbons (Fsp3) is 0.562. The van der Waals surface area contributed by atoms with Crippen LogP contribution in [0, 0.1) is 20.8 Å². The number of nitrogens with one attached hydrogen (secondary N) is 1. The monoisotopic (exact) mass is 375 g/mol. The SMILES string of the molecule is Cc1cc(C)c(S(=O)(=O)N(C)CC(=O)N2CCNCC2)c(C)c1.Cl. The van der Waals surface area contributed by atoms with Gasteiger partial charge in [-0.2, -0.15) is 4.31 Å². The lowest BCUT2D eigenvalue weighted by molar-refractivity contribution is -0.131. The molecule has 0 radical (unpaired) electrons. The molecule has 24 heavy (non-hydrogen) atoms. The van der Waals surface area contributed by atoms with E-state index in [-0.39, 0.29) is 24.9 Å². The summed E-state index contributed by atoms with van der Waals surface area (Å²) in [5, 5.41) is 3.17. The first-order valence-electron chi connectivity index (χ1n) is 7.76. The number of rotatable bonds is 4. The van der Waals surface area contributed by atoms with Gasteiger partial charge >= 0.3 is 0 Å². The van der Waals surface area contributed by atoms with E-state index in [9.17, 15) is 13.2 Å². The number of aryl methyl sites for hydroxylation is 3. The van der Waals surface area contributed by atoms with Crippen molar-refractivity contribution in [3.8, 4) is 0 Å². The molecule has 1 aromatic rings. The van der Waals surface area contributed by atoms with Crippen molar-refractivity contribution in [2.75, 3.05) is 39.8 Å². The van der Waals surface area contributed by atoms with Crippen molar-refractivity contribution < 1.29 is 13.2 Å². The van der Waals surface area contributed by atoms with Gasteiger partial charge in [0.15, 0.2) is 0 Å². The average molecular weight is 376 g/mol. The molecule has 0 atom stereocenters. The molecule has 8 heteroatoms. The molecule has 1 amide bonds. The predicted molar refractivity (Wildman–Crippen MR) is 97.2 cm³/mol. The Bertz CT molecular complexity index is 678. The molecule has 6 nitrogen and oxygen atoms in total. The van der Waals surface area contributed by atoms with Crippen LogP contribution in [0.1, 0.15) is 16.7 Å². The van der Waals surface area contributed by atoms with Crippen molar-refractivity contribution in [1.82, 2.24) is 14.5 Å². The third-order valence-electron chi connectivity index (χ3n) is 4.10. The Morgan fingerprint density at radius 3 is 2.17 bits per heavy atom. The van der Waals surface area contributed by atoms with Crippen LogP contribution in [0.3, 0.4) is 0 Å². The van der Waals surface area contributed by atoms with Crippen LogP contribution >= 0.6 is 12.4 Å². The molecule has 0 unspecified atom stereocenters. The van der Waals surface area contributed by atoms with Gasteiger partial charge in [-0.1, -0.05) is 17.7 Å². The zero-order valence-corrected chi connectivity index (χ0v) is 16.3. The van der Waals surface area contributed by atoms with Gasteiger partial charge in [-0.15, -0.1) is 12.4 Å². The molecule has 0 bridgehead atoms. The summed E-state index contributed by atoms with van der Waals surface area (Å²) >= 11 is 0. The second-order valence-electron chi connectivity index (χ2n) is 6.12. The Morgan fingerprint density at radius 2 is 1.67 bits per heavy atom. The van der Waals surface area contributed by atoms with Crippen LogP contribution in [0.5, 0.6) is 0 Å². The van der Waals surface area contributed by atoms with E-state index in [0.29, 0.717) is 29.1 Å². The highest BCUT2D eigenvalue weighted by atomic mass is 35.5. The van der Waals surface area contributed by atoms with Gasteiger partial charge in [0.05, 0.1) is 11.4 Å². The van der Waals surface area contributed by atoms with Crippen molar-refractivity contribution in [2.24, 2.45) is 0 Å². The smallest absolute Gasteiger partial charge is 0.243 e. The largest absolute Gasteiger partial charge is 0.339 e. The van der Waals surface area contributed by atoms with Gasteiger partial charge < -0.3 is 10.2 Å². The van der Waals surface area contributed by atoms with Gasteiger partial charge in [0.25, 0.3) is 0 Å². The van der Waals surface area contributed by atoms with E-state index in [2.05, 4.69) is 5.32 Å². The molecule has 1 heterocycles. The number of sulfonamides is 1. The number of nitrogens with zero attached hydrogens (tertiary/aromatic N) is 2. The highest BCUT2D eigenvalue weighted by Gasteiger charge is 2.28. The summed E-state index contributed by atoms with van der Waals surface area (Å²) in [4.78, 5) is 14.3. The molecule has 0 spiro atoms. The summed E-state index contributed by atoms with van der Waals surface area (Å²) in [6.45, 7) is 8.13. The predicted octanol–water partition coefficient (Wildman–Crippen LogP) is 1.09. The first-order valence-corrected chi connectivity index (χ1v) is 9.20. The molecule has 1 saturated heterocycles. The number of piperazine rings is 1. The van der Waals surface area contributed by atoms with Crippen molar-refractivity contribution in [3.05, 3.63) is 28.8 Å². The summed E-state index contributed by atoms with van der Waals surface area (Å²) in [7, 11) is -2.21. The lowest BCUT2D eigenvalue weighted by Crippen LogP contribution is -2.49. The molecule has 1 aliphatic heterocycles. The Hall–Kier alpha value is -1.15. The zero-order valence-electron chi connectivity index (χ0n) is 14.6. The van der Waals surface area contributed by atoms with Gasteiger partial charge in [0, 0.05) is 33.2 Å². The number of hydrogen-bond donors (Lipinski definition) is 1. The minimum atomic E-state index is -3.68. The lowest BCUT2D eigenvalue weighted by atomic mass is 10.1. The standard InChI is InChI=1S/C16H25N3O3S.ClH/c1-12-9-13(2)16(14(3)10-12)23(21,22)18(4)11-15(20)19-7-5-17-6-8-19;/h9-10,17H,5-8,11H2,1-4H3;1H. The molecular weight excluding hydrogens is 350 g/mol. The number of amides is 1. The fourth-order valence-electron chi connectivity index (χ4n) is 3.02. The van der Waals surface area contributed by atoms with Crippen molar-refractivity contribution in [3.63, 3.8) is 0 Å². The van der Waals surface area contributed by atoms with Gasteiger partial charge in [0.1, 0.15) is 0 Å². The van der Waals surface area contributed by atoms with Crippen LogP contribution in [0.15, 0.2) is 17.0 Å². The van der Waals surface area contributed by atoms with E-state index in [1.165, 1.54) is 7.05 Å². The fourth-order valence-corrected chi connectivity index (χ4v) is 4.54. The zero-order chi connectivity index (χ0) is 17.2. The number of hydrogen-bond acceptors (Lipinski definition) is 4. The van der Waals surface area contributed by atoms with Crippen LogP contribution in [0.2, 0.25) is 0 Å². The number of benzene rings is 1. The van der Waals surface area contributed by atoms with E-state index < -0.39 is 10.0 Å². The normalized spacial score (nSPS) is 15.3. The topological polar surface area (TPSA) is 69.7 Å². The average Bonchev–Trinajstić information content (AvgIpc) is 2.46. The Balaban J connectivity index is 0.00000288. The molecule has 0 saturated carbocycles. The van der Waals surface area contributed by atoms with Crippen molar-refractivity contribution in [1.29, 1.82) is 0 Å². The summed E-state index contributed by atoms with van der Waals surface area (Å²) in [5.74, 6) is -0.153. The summed E-state index contributed by atoms with van der Waals surface area (Å²) in [5.41, 5.74) is 2.45. The summed E-state index contributed by atoms with van der Waals surface area (Å²) in [6, 6.07) is 3.71. The van der Waals surface area contributed by atoms with E-state index in [0.717, 1.165) is 23.0 Å². The third-order valence-corrected chi connectivity index (χ3v) is 6.21. The quantitative estimate of drug-likeness (QED) is 0.855. The second-order valence-corrected chi connectivity index (χ2v) is 8.10. The van der Waals surface area contributed by atoms with Crippen LogP contribution in [0.4, 0.5) is 0 Å². The Kier molecular flexibility index (Phi) is 7.22. The number of carbonyl (C=O) groups excluding carboxylic acids is 1. The molecule has 2 rings (SSSR count). The maximum atomic E-state index is 12.8. The van der Waals surface area contributed by atoms with Crippen LogP contribution in [0.25, 0.3) is 0 Å². The van der Waals surface area contributed by atoms with Crippen LogP contribution in [-0.4, -0.2) is 63.3 Å². The van der Waals surface area contributed by atoms with Gasteiger partial charge in [-0.05, 0) is 31.9 Å². The van der Waals surface area contributed by atoms with Gasteiger partial charge in [-0.25, -0.2) is 8.42 Å². The van der Waals surface area contributed by atoms with E-state index in [1.54, 1.807) is 18.7 Å². The van der Waals surface area contributed by atoms with E-state index in [1.807, 2.05) is 19.1 Å². The van der Waals surface area contributed by atoms with Crippen LogP contribution in [-0.2, 0) is 14.8 Å². The molecule has 1 aliphatic rings. The molecule has 0 aromatic heterocycles. The minimum absolute atomic E-state index is 0. The summed E-state index contributed by atoms with van der Waals surface area (Å²) < 4.78 is 26.8. The van der Waals surface area contributed by atoms with E-state index in [4.69, 9.17) is 0 Å². The molecule has 136 valence electrons. The third kappa shape index (κ3) is 4.47. The minimum Gasteiger partial charge on any atom is -0.339 e. The molecule has 1 fully saturated rings. The van der Waals surface area contributed by atoms with Crippen molar-refractivity contribution in [2.45, 2.75) is 25.7 Å². The maximum absolute atomic E-state index is 12.8. The first-order chi connectivity index (χ1) is 10.7. The lowest BCUT2D eigenvalue weighted by Gasteiger charge is -2.29. The molecular formula is C16H26ClN3O3S. The maximum Gasteiger partial charge on any atom is 0.243 e. The van der Waals surface area contributed by atoms with Crippen LogP contribution < -0.4 is 5.32 Å². The van der Waals surface area contributed by atoms with Crippen molar-refractivity contribution >= 4 is 28.3 Å². The Labute approximate surface area is 150 Å². The number of carbonyl (C=O) groups is 1. The number of likely N-dealkylation sites (N-methyl/N-ethyl adjacent to an activating group) is 1. The highest BCUT2D eigenvalue weighted by molar-refractivity contribution is 7.89. The second kappa shape index (κ2) is 8.29. The van der Waals surface area contributed by atoms with Gasteiger partial charge in [0.2, 0.25) is 15.9 Å².